The monoisotopic (exact) mass is 167 g/mol. The summed E-state index contributed by atoms with van der Waals surface area (Å²) >= 11 is 0. The average molecular weight is 167 g/mol. The molecule has 0 saturated carbocycles. The zero-order valence-corrected chi connectivity index (χ0v) is 7.51. The molecule has 12 heavy (non-hydrogen) atoms. The van der Waals surface area contributed by atoms with E-state index in [0.29, 0.717) is 0 Å². The molecule has 68 valence electrons. The first kappa shape index (κ1) is 9.46. The minimum absolute atomic E-state index is 0.136. The molecule has 0 bridgehead atoms. The van der Waals surface area contributed by atoms with Gasteiger partial charge in [0.25, 0.3) is 0 Å². The summed E-state index contributed by atoms with van der Waals surface area (Å²) in [5.41, 5.74) is 6.27. The number of allylic oxidation sites excluding steroid dienone is 1. The number of hydrogen-bond donors (Lipinski definition) is 1. The molecule has 0 spiro atoms. The quantitative estimate of drug-likeness (QED) is 0.681. The smallest absolute Gasteiger partial charge is 0.172 e. The molecule has 2 N–H and O–H groups in total. The maximum atomic E-state index is 11.2. The number of carbonyl (C=O) groups is 1. The largest absolute Gasteiger partial charge is 0.324 e. The second-order valence-electron chi connectivity index (χ2n) is 3.31. The molecule has 1 aliphatic carbocycles. The molecule has 0 atom stereocenters. The third-order valence-electron chi connectivity index (χ3n) is 2.33. The molecule has 1 rings (SSSR count). The van der Waals surface area contributed by atoms with Gasteiger partial charge in [-0.3, -0.25) is 4.79 Å². The van der Waals surface area contributed by atoms with Crippen molar-refractivity contribution in [2.24, 2.45) is 5.73 Å². The highest BCUT2D eigenvalue weighted by Gasteiger charge is 2.08. The van der Waals surface area contributed by atoms with Crippen molar-refractivity contribution in [3.8, 4) is 0 Å². The Labute approximate surface area is 73.8 Å². The van der Waals surface area contributed by atoms with Crippen LogP contribution in [0.5, 0.6) is 0 Å². The Bertz CT molecular complexity index is 184. The molecule has 0 unspecified atom stereocenters. The van der Waals surface area contributed by atoms with Crippen LogP contribution in [-0.4, -0.2) is 12.3 Å². The standard InChI is InChI=1S/C10H17NO/c11-8-10(12)9-6-4-2-1-3-5-7-9/h6H,1-5,7-8,11H2. The van der Waals surface area contributed by atoms with Crippen LogP contribution in [0.2, 0.25) is 0 Å². The Hall–Kier alpha value is -0.630. The summed E-state index contributed by atoms with van der Waals surface area (Å²) in [5.74, 6) is 0.136. The zero-order valence-electron chi connectivity index (χ0n) is 7.51. The summed E-state index contributed by atoms with van der Waals surface area (Å²) in [4.78, 5) is 11.2. The first-order chi connectivity index (χ1) is 5.84. The van der Waals surface area contributed by atoms with Gasteiger partial charge in [-0.25, -0.2) is 0 Å². The molecular weight excluding hydrogens is 150 g/mol. The van der Waals surface area contributed by atoms with Crippen molar-refractivity contribution in [2.45, 2.75) is 38.5 Å². The fraction of sp³-hybridized carbons (Fsp3) is 0.700. The van der Waals surface area contributed by atoms with Crippen LogP contribution < -0.4 is 5.73 Å². The van der Waals surface area contributed by atoms with Crippen LogP contribution in [-0.2, 0) is 4.79 Å². The van der Waals surface area contributed by atoms with E-state index in [1.807, 2.05) is 0 Å². The minimum atomic E-state index is 0.136. The average Bonchev–Trinajstić information content (AvgIpc) is 2.02. The number of nitrogens with two attached hydrogens (primary N) is 1. The van der Waals surface area contributed by atoms with Gasteiger partial charge in [-0.2, -0.15) is 0 Å². The summed E-state index contributed by atoms with van der Waals surface area (Å²) in [6, 6.07) is 0. The molecule has 0 amide bonds. The lowest BCUT2D eigenvalue weighted by atomic mass is 9.97. The van der Waals surface area contributed by atoms with E-state index >= 15 is 0 Å². The Morgan fingerprint density at radius 2 is 2.08 bits per heavy atom. The van der Waals surface area contributed by atoms with Gasteiger partial charge in [-0.05, 0) is 31.3 Å². The van der Waals surface area contributed by atoms with Crippen LogP contribution in [0.15, 0.2) is 11.6 Å². The van der Waals surface area contributed by atoms with Gasteiger partial charge in [-0.15, -0.1) is 0 Å². The topological polar surface area (TPSA) is 43.1 Å². The molecule has 0 heterocycles. The summed E-state index contributed by atoms with van der Waals surface area (Å²) in [5, 5.41) is 0. The summed E-state index contributed by atoms with van der Waals surface area (Å²) < 4.78 is 0. The summed E-state index contributed by atoms with van der Waals surface area (Å²) in [7, 11) is 0. The van der Waals surface area contributed by atoms with Gasteiger partial charge in [0.1, 0.15) is 0 Å². The van der Waals surface area contributed by atoms with Crippen molar-refractivity contribution >= 4 is 5.78 Å². The summed E-state index contributed by atoms with van der Waals surface area (Å²) in [6.07, 6.45) is 9.01. The molecule has 0 saturated heterocycles. The van der Waals surface area contributed by atoms with Crippen LogP contribution >= 0.6 is 0 Å². The molecule has 2 nitrogen and oxygen atoms in total. The predicted octanol–water partition coefficient (Wildman–Crippen LogP) is 1.79. The lowest BCUT2D eigenvalue weighted by molar-refractivity contribution is -0.114. The van der Waals surface area contributed by atoms with E-state index in [0.717, 1.165) is 24.8 Å². The Morgan fingerprint density at radius 1 is 1.33 bits per heavy atom. The normalized spacial score (nSPS) is 19.2. The lowest BCUT2D eigenvalue weighted by Crippen LogP contribution is -2.16. The van der Waals surface area contributed by atoms with Gasteiger partial charge < -0.3 is 5.73 Å². The maximum Gasteiger partial charge on any atom is 0.172 e. The van der Waals surface area contributed by atoms with Crippen LogP contribution in [0.1, 0.15) is 38.5 Å². The van der Waals surface area contributed by atoms with E-state index in [1.165, 1.54) is 19.3 Å². The van der Waals surface area contributed by atoms with Crippen molar-refractivity contribution in [3.63, 3.8) is 0 Å². The van der Waals surface area contributed by atoms with Crippen molar-refractivity contribution in [2.75, 3.05) is 6.54 Å². The maximum absolute atomic E-state index is 11.2. The van der Waals surface area contributed by atoms with Gasteiger partial charge in [0.2, 0.25) is 0 Å². The Morgan fingerprint density at radius 3 is 2.83 bits per heavy atom. The third-order valence-corrected chi connectivity index (χ3v) is 2.33. The van der Waals surface area contributed by atoms with E-state index in [9.17, 15) is 4.79 Å². The van der Waals surface area contributed by atoms with Crippen LogP contribution in [0.25, 0.3) is 0 Å². The van der Waals surface area contributed by atoms with Crippen molar-refractivity contribution < 1.29 is 4.79 Å². The summed E-state index contributed by atoms with van der Waals surface area (Å²) in [6.45, 7) is 0.172. The first-order valence-electron chi connectivity index (χ1n) is 4.77. The molecule has 0 radical (unpaired) electrons. The van der Waals surface area contributed by atoms with Gasteiger partial charge in [0.05, 0.1) is 6.54 Å². The van der Waals surface area contributed by atoms with Gasteiger partial charge in [0, 0.05) is 0 Å². The molecule has 0 aromatic carbocycles. The number of rotatable bonds is 2. The first-order valence-corrected chi connectivity index (χ1v) is 4.77. The van der Waals surface area contributed by atoms with Crippen molar-refractivity contribution in [1.82, 2.24) is 0 Å². The fourth-order valence-electron chi connectivity index (χ4n) is 1.58. The molecule has 0 fully saturated rings. The molecule has 2 heteroatoms. The highest BCUT2D eigenvalue weighted by molar-refractivity contribution is 5.96. The lowest BCUT2D eigenvalue weighted by Gasteiger charge is -2.08. The highest BCUT2D eigenvalue weighted by Crippen LogP contribution is 2.17. The zero-order chi connectivity index (χ0) is 8.81. The Balaban J connectivity index is 2.52. The van der Waals surface area contributed by atoms with Crippen molar-refractivity contribution in [3.05, 3.63) is 11.6 Å². The van der Waals surface area contributed by atoms with E-state index in [1.54, 1.807) is 0 Å². The van der Waals surface area contributed by atoms with E-state index in [-0.39, 0.29) is 12.3 Å². The van der Waals surface area contributed by atoms with E-state index in [2.05, 4.69) is 6.08 Å². The van der Waals surface area contributed by atoms with Crippen molar-refractivity contribution in [1.29, 1.82) is 0 Å². The molecule has 1 aliphatic rings. The molecular formula is C10H17NO. The third kappa shape index (κ3) is 2.78. The van der Waals surface area contributed by atoms with Crippen LogP contribution in [0.4, 0.5) is 0 Å². The van der Waals surface area contributed by atoms with E-state index < -0.39 is 0 Å². The molecule has 0 aromatic heterocycles. The van der Waals surface area contributed by atoms with Gasteiger partial charge in [-0.1, -0.05) is 18.9 Å². The van der Waals surface area contributed by atoms with E-state index in [4.69, 9.17) is 5.73 Å². The van der Waals surface area contributed by atoms with Gasteiger partial charge in [0.15, 0.2) is 5.78 Å². The van der Waals surface area contributed by atoms with Gasteiger partial charge >= 0.3 is 0 Å². The minimum Gasteiger partial charge on any atom is -0.324 e. The second kappa shape index (κ2) is 5.09. The molecule has 0 aliphatic heterocycles. The predicted molar refractivity (Wildman–Crippen MR) is 49.8 cm³/mol. The number of Topliss-reactive ketones (excluding diaryl/α,β-unsaturated/α-hetero) is 1. The number of carbonyl (C=O) groups excluding carboxylic acids is 1. The SMILES string of the molecule is NCC(=O)C1=CCCCCCC1. The second-order valence-corrected chi connectivity index (χ2v) is 3.31. The number of hydrogen-bond acceptors (Lipinski definition) is 2. The van der Waals surface area contributed by atoms with Crippen LogP contribution in [0.3, 0.4) is 0 Å². The fourth-order valence-corrected chi connectivity index (χ4v) is 1.58. The molecule has 0 aromatic rings. The highest BCUT2D eigenvalue weighted by atomic mass is 16.1. The number of ketones is 1. The Kier molecular flexibility index (Phi) is 4.01. The van der Waals surface area contributed by atoms with Crippen LogP contribution in [0, 0.1) is 0 Å².